The predicted molar refractivity (Wildman–Crippen MR) is 55.8 cm³/mol. The molecule has 1 atom stereocenters. The second kappa shape index (κ2) is 5.34. The highest BCUT2D eigenvalue weighted by Crippen LogP contribution is 2.34. The standard InChI is InChI=1S/C9H17F2O4P/c1-6(2)5-9(10,11)7(12)8(3,4)15-16(13)14/h6,16H,5H2,1-4H3,(H,13,14). The van der Waals surface area contributed by atoms with Gasteiger partial charge in [0.25, 0.3) is 0 Å². The molecule has 96 valence electrons. The van der Waals surface area contributed by atoms with Crippen LogP contribution in [0.15, 0.2) is 0 Å². The lowest BCUT2D eigenvalue weighted by Crippen LogP contribution is -2.45. The van der Waals surface area contributed by atoms with Crippen LogP contribution in [0.4, 0.5) is 8.78 Å². The van der Waals surface area contributed by atoms with E-state index >= 15 is 0 Å². The first-order valence-corrected chi connectivity index (χ1v) is 6.10. The Morgan fingerprint density at radius 1 is 1.44 bits per heavy atom. The van der Waals surface area contributed by atoms with Crippen LogP contribution in [0.1, 0.15) is 34.1 Å². The van der Waals surface area contributed by atoms with Crippen LogP contribution in [0.2, 0.25) is 0 Å². The number of carbonyl (C=O) groups is 1. The minimum Gasteiger partial charge on any atom is -0.326 e. The average molecular weight is 258 g/mol. The Morgan fingerprint density at radius 2 is 1.88 bits per heavy atom. The molecule has 4 nitrogen and oxygen atoms in total. The van der Waals surface area contributed by atoms with Crippen LogP contribution in [-0.4, -0.2) is 22.2 Å². The zero-order valence-corrected chi connectivity index (χ0v) is 10.7. The molecule has 7 heteroatoms. The van der Waals surface area contributed by atoms with Gasteiger partial charge >= 0.3 is 14.2 Å². The lowest BCUT2D eigenvalue weighted by Gasteiger charge is -2.27. The van der Waals surface area contributed by atoms with Gasteiger partial charge in [0, 0.05) is 6.42 Å². The van der Waals surface area contributed by atoms with Gasteiger partial charge in [0.2, 0.25) is 5.78 Å². The molecule has 0 aliphatic heterocycles. The van der Waals surface area contributed by atoms with Crippen LogP contribution in [0, 0.1) is 5.92 Å². The summed E-state index contributed by atoms with van der Waals surface area (Å²) in [7, 11) is -3.43. The maximum atomic E-state index is 13.4. The molecular formula is C9H17F2O4P. The molecule has 0 aliphatic rings. The third-order valence-corrected chi connectivity index (χ3v) is 2.57. The summed E-state index contributed by atoms with van der Waals surface area (Å²) in [5.74, 6) is -5.38. The molecule has 0 aliphatic carbocycles. The Bertz CT molecular complexity index is 289. The molecule has 0 aromatic rings. The fourth-order valence-electron chi connectivity index (χ4n) is 1.31. The van der Waals surface area contributed by atoms with Gasteiger partial charge < -0.3 is 4.89 Å². The van der Waals surface area contributed by atoms with E-state index in [0.29, 0.717) is 0 Å². The highest BCUT2D eigenvalue weighted by Gasteiger charge is 2.48. The summed E-state index contributed by atoms with van der Waals surface area (Å²) in [6.07, 6.45) is -0.606. The number of rotatable bonds is 6. The van der Waals surface area contributed by atoms with E-state index in [1.54, 1.807) is 13.8 Å². The second-order valence-electron chi connectivity index (χ2n) is 4.51. The first kappa shape index (κ1) is 15.7. The molecule has 0 fully saturated rings. The third kappa shape index (κ3) is 4.68. The Hall–Kier alpha value is -0.320. The fraction of sp³-hybridized carbons (Fsp3) is 0.889. The Kier molecular flexibility index (Phi) is 5.23. The molecule has 0 radical (unpaired) electrons. The summed E-state index contributed by atoms with van der Waals surface area (Å²) in [6, 6.07) is 0. The molecule has 0 aromatic heterocycles. The van der Waals surface area contributed by atoms with Crippen molar-refractivity contribution >= 4 is 14.0 Å². The molecule has 16 heavy (non-hydrogen) atoms. The molecular weight excluding hydrogens is 241 g/mol. The van der Waals surface area contributed by atoms with Gasteiger partial charge in [-0.2, -0.15) is 8.78 Å². The first-order chi connectivity index (χ1) is 6.99. The minimum absolute atomic E-state index is 0.360. The number of ketones is 1. The van der Waals surface area contributed by atoms with Crippen molar-refractivity contribution in [3.8, 4) is 0 Å². The van der Waals surface area contributed by atoms with Gasteiger partial charge in [-0.05, 0) is 19.8 Å². The molecule has 0 saturated heterocycles. The van der Waals surface area contributed by atoms with E-state index in [0.717, 1.165) is 13.8 Å². The molecule has 0 heterocycles. The number of Topliss-reactive ketones (excluding diaryl/α,β-unsaturated/α-hetero) is 1. The van der Waals surface area contributed by atoms with Gasteiger partial charge in [-0.1, -0.05) is 13.8 Å². The van der Waals surface area contributed by atoms with Crippen molar-refractivity contribution in [2.24, 2.45) is 5.92 Å². The molecule has 0 amide bonds. The number of hydrogen-bond acceptors (Lipinski definition) is 3. The van der Waals surface area contributed by atoms with E-state index in [-0.39, 0.29) is 5.92 Å². The van der Waals surface area contributed by atoms with Crippen LogP contribution < -0.4 is 0 Å². The van der Waals surface area contributed by atoms with Gasteiger partial charge in [0.05, 0.1) is 0 Å². The number of halogens is 2. The quantitative estimate of drug-likeness (QED) is 0.743. The highest BCUT2D eigenvalue weighted by atomic mass is 31.1. The summed E-state index contributed by atoms with van der Waals surface area (Å²) < 4.78 is 41.6. The molecule has 0 aromatic carbocycles. The lowest BCUT2D eigenvalue weighted by molar-refractivity contribution is -0.159. The molecule has 0 rings (SSSR count). The molecule has 0 bridgehead atoms. The summed E-state index contributed by atoms with van der Waals surface area (Å²) in [5.41, 5.74) is -1.96. The second-order valence-corrected chi connectivity index (χ2v) is 5.25. The summed E-state index contributed by atoms with van der Waals surface area (Å²) >= 11 is 0. The van der Waals surface area contributed by atoms with E-state index in [9.17, 15) is 18.1 Å². The number of alkyl halides is 2. The van der Waals surface area contributed by atoms with Crippen LogP contribution in [0.3, 0.4) is 0 Å². The van der Waals surface area contributed by atoms with E-state index in [1.165, 1.54) is 0 Å². The van der Waals surface area contributed by atoms with Crippen molar-refractivity contribution in [3.63, 3.8) is 0 Å². The average Bonchev–Trinajstić information content (AvgIpc) is 1.97. The zero-order chi connectivity index (χ0) is 13.1. The van der Waals surface area contributed by atoms with Crippen LogP contribution in [0.5, 0.6) is 0 Å². The van der Waals surface area contributed by atoms with Crippen molar-refractivity contribution in [1.82, 2.24) is 0 Å². The van der Waals surface area contributed by atoms with Crippen molar-refractivity contribution in [1.29, 1.82) is 0 Å². The Labute approximate surface area is 93.9 Å². The third-order valence-electron chi connectivity index (χ3n) is 1.89. The Balaban J connectivity index is 4.82. The van der Waals surface area contributed by atoms with E-state index < -0.39 is 32.0 Å². The molecule has 1 unspecified atom stereocenters. The zero-order valence-electron chi connectivity index (χ0n) is 9.71. The summed E-state index contributed by atoms with van der Waals surface area (Å²) in [4.78, 5) is 20.0. The lowest BCUT2D eigenvalue weighted by atomic mass is 9.93. The molecule has 1 N–H and O–H groups in total. The molecule has 0 spiro atoms. The van der Waals surface area contributed by atoms with Crippen LogP contribution in [-0.2, 0) is 13.9 Å². The van der Waals surface area contributed by atoms with Gasteiger partial charge in [-0.3, -0.25) is 13.9 Å². The van der Waals surface area contributed by atoms with Gasteiger partial charge in [0.1, 0.15) is 5.60 Å². The van der Waals surface area contributed by atoms with Crippen molar-refractivity contribution in [2.75, 3.05) is 0 Å². The SMILES string of the molecule is CC(C)CC(F)(F)C(=O)C(C)(C)O[PH](=O)O. The van der Waals surface area contributed by atoms with Gasteiger partial charge in [0.15, 0.2) is 0 Å². The normalized spacial score (nSPS) is 15.2. The van der Waals surface area contributed by atoms with Crippen LogP contribution in [0.25, 0.3) is 0 Å². The highest BCUT2D eigenvalue weighted by molar-refractivity contribution is 7.32. The van der Waals surface area contributed by atoms with E-state index in [2.05, 4.69) is 4.52 Å². The number of hydrogen-bond donors (Lipinski definition) is 1. The van der Waals surface area contributed by atoms with E-state index in [4.69, 9.17) is 4.89 Å². The van der Waals surface area contributed by atoms with E-state index in [1.807, 2.05) is 0 Å². The summed E-state index contributed by atoms with van der Waals surface area (Å²) in [6.45, 7) is 5.23. The van der Waals surface area contributed by atoms with Gasteiger partial charge in [-0.25, -0.2) is 0 Å². The first-order valence-electron chi connectivity index (χ1n) is 4.83. The van der Waals surface area contributed by atoms with Crippen molar-refractivity contribution in [2.45, 2.75) is 45.6 Å². The monoisotopic (exact) mass is 258 g/mol. The fourth-order valence-corrected chi connectivity index (χ4v) is 1.84. The smallest absolute Gasteiger partial charge is 0.317 e. The van der Waals surface area contributed by atoms with Crippen molar-refractivity contribution < 1.29 is 27.6 Å². The minimum atomic E-state index is -3.55. The predicted octanol–water partition coefficient (Wildman–Crippen LogP) is 2.41. The molecule has 0 saturated carbocycles. The maximum absolute atomic E-state index is 13.4. The topological polar surface area (TPSA) is 63.6 Å². The largest absolute Gasteiger partial charge is 0.326 e. The number of carbonyl (C=O) groups excluding carboxylic acids is 1. The maximum Gasteiger partial charge on any atom is 0.317 e. The Morgan fingerprint density at radius 3 is 2.19 bits per heavy atom. The van der Waals surface area contributed by atoms with Crippen LogP contribution >= 0.6 is 8.25 Å². The van der Waals surface area contributed by atoms with Crippen molar-refractivity contribution in [3.05, 3.63) is 0 Å². The summed E-state index contributed by atoms with van der Waals surface area (Å²) in [5, 5.41) is 0. The van der Waals surface area contributed by atoms with Gasteiger partial charge in [-0.15, -0.1) is 0 Å².